The molecule has 8 nitrogen and oxygen atoms in total. The molecule has 1 aliphatic rings. The molecule has 0 unspecified atom stereocenters. The molecule has 0 atom stereocenters. The van der Waals surface area contributed by atoms with E-state index in [0.717, 1.165) is 54.8 Å². The lowest BCUT2D eigenvalue weighted by atomic mass is 10.1. The number of nitrogens with one attached hydrogen (secondary N) is 1. The van der Waals surface area contributed by atoms with Crippen molar-refractivity contribution in [1.29, 1.82) is 0 Å². The molecule has 0 bridgehead atoms. The topological polar surface area (TPSA) is 79.8 Å². The molecule has 3 aromatic rings. The van der Waals surface area contributed by atoms with Gasteiger partial charge in [-0.2, -0.15) is 0 Å². The molecule has 1 amide bonds. The van der Waals surface area contributed by atoms with Gasteiger partial charge in [-0.05, 0) is 35.4 Å². The van der Waals surface area contributed by atoms with Crippen molar-refractivity contribution in [2.45, 2.75) is 19.6 Å². The van der Waals surface area contributed by atoms with Gasteiger partial charge in [0, 0.05) is 39.3 Å². The predicted molar refractivity (Wildman–Crippen MR) is 128 cm³/mol. The van der Waals surface area contributed by atoms with Gasteiger partial charge < -0.3 is 14.8 Å². The lowest BCUT2D eigenvalue weighted by Gasteiger charge is -2.34. The Morgan fingerprint density at radius 3 is 2.26 bits per heavy atom. The van der Waals surface area contributed by atoms with Crippen LogP contribution in [0.4, 0.5) is 4.39 Å². The van der Waals surface area contributed by atoms with Gasteiger partial charge in [-0.25, -0.2) is 4.39 Å². The zero-order valence-electron chi connectivity index (χ0n) is 19.3. The van der Waals surface area contributed by atoms with Crippen molar-refractivity contribution in [1.82, 2.24) is 25.3 Å². The van der Waals surface area contributed by atoms with Crippen LogP contribution in [-0.2, 0) is 19.6 Å². The van der Waals surface area contributed by atoms with E-state index in [0.29, 0.717) is 18.1 Å². The summed E-state index contributed by atoms with van der Waals surface area (Å²) in [6.07, 6.45) is 0. The van der Waals surface area contributed by atoms with Crippen LogP contribution in [0.3, 0.4) is 0 Å². The number of piperazine rings is 1. The summed E-state index contributed by atoms with van der Waals surface area (Å²) in [5.74, 6) is 0.905. The second-order valence-electron chi connectivity index (χ2n) is 8.05. The summed E-state index contributed by atoms with van der Waals surface area (Å²) in [4.78, 5) is 17.1. The first kappa shape index (κ1) is 24.1. The molecule has 0 radical (unpaired) electrons. The summed E-state index contributed by atoms with van der Waals surface area (Å²) in [5.41, 5.74) is 2.01. The highest BCUT2D eigenvalue weighted by Crippen LogP contribution is 2.28. The van der Waals surface area contributed by atoms with E-state index in [4.69, 9.17) is 9.47 Å². The average Bonchev–Trinajstić information content (AvgIpc) is 3.33. The van der Waals surface area contributed by atoms with E-state index in [1.165, 1.54) is 29.0 Å². The number of carbonyl (C=O) groups excluding carboxylic acids is 1. The van der Waals surface area contributed by atoms with Crippen LogP contribution >= 0.6 is 11.3 Å². The molecule has 1 fully saturated rings. The Balaban J connectivity index is 1.23. The highest BCUT2D eigenvalue weighted by atomic mass is 32.1. The Morgan fingerprint density at radius 2 is 1.59 bits per heavy atom. The Hall–Kier alpha value is -3.08. The number of halogens is 1. The minimum absolute atomic E-state index is 0.271. The second-order valence-corrected chi connectivity index (χ2v) is 9.11. The normalized spacial score (nSPS) is 14.7. The van der Waals surface area contributed by atoms with Gasteiger partial charge in [0.05, 0.1) is 20.8 Å². The molecule has 10 heteroatoms. The first-order valence-electron chi connectivity index (χ1n) is 11.0. The van der Waals surface area contributed by atoms with Crippen molar-refractivity contribution in [2.24, 2.45) is 0 Å². The first-order chi connectivity index (χ1) is 16.5. The van der Waals surface area contributed by atoms with Crippen molar-refractivity contribution >= 4 is 17.2 Å². The Bertz CT molecular complexity index is 1100. The van der Waals surface area contributed by atoms with Crippen molar-refractivity contribution in [3.8, 4) is 11.5 Å². The highest BCUT2D eigenvalue weighted by molar-refractivity contribution is 7.13. The van der Waals surface area contributed by atoms with Gasteiger partial charge in [-0.1, -0.05) is 29.5 Å². The number of hydrogen-bond acceptors (Lipinski definition) is 8. The van der Waals surface area contributed by atoms with E-state index in [-0.39, 0.29) is 11.7 Å². The molecule has 0 saturated carbocycles. The third-order valence-corrected chi connectivity index (χ3v) is 6.61. The van der Waals surface area contributed by atoms with Crippen LogP contribution in [0, 0.1) is 5.82 Å². The van der Waals surface area contributed by atoms with E-state index < -0.39 is 0 Å². The standard InChI is InChI=1S/C24H28FN5O3S/c1-32-20-8-5-18(13-21(20)33-2)15-29-9-11-30(12-10-29)16-22-27-28-24(34-22)23(31)26-14-17-3-6-19(25)7-4-17/h3-8,13H,9-12,14-16H2,1-2H3,(H,26,31). The van der Waals surface area contributed by atoms with Crippen LogP contribution in [0.15, 0.2) is 42.5 Å². The lowest BCUT2D eigenvalue weighted by Crippen LogP contribution is -2.45. The van der Waals surface area contributed by atoms with Gasteiger partial charge in [0.1, 0.15) is 10.8 Å². The quantitative estimate of drug-likeness (QED) is 0.499. The number of methoxy groups -OCH3 is 2. The van der Waals surface area contributed by atoms with E-state index in [1.807, 2.05) is 12.1 Å². The molecule has 1 N–H and O–H groups in total. The summed E-state index contributed by atoms with van der Waals surface area (Å²) >= 11 is 1.31. The number of benzene rings is 2. The first-order valence-corrected chi connectivity index (χ1v) is 11.9. The smallest absolute Gasteiger partial charge is 0.282 e. The fraction of sp³-hybridized carbons (Fsp3) is 0.375. The molecule has 2 heterocycles. The summed E-state index contributed by atoms with van der Waals surface area (Å²) in [6, 6.07) is 12.1. The molecule has 0 aliphatic carbocycles. The van der Waals surface area contributed by atoms with Crippen LogP contribution in [0.2, 0.25) is 0 Å². The van der Waals surface area contributed by atoms with Gasteiger partial charge in [0.15, 0.2) is 11.5 Å². The molecule has 34 heavy (non-hydrogen) atoms. The number of ether oxygens (including phenoxy) is 2. The van der Waals surface area contributed by atoms with Crippen molar-refractivity contribution in [3.63, 3.8) is 0 Å². The second kappa shape index (κ2) is 11.4. The molecule has 4 rings (SSSR count). The molecule has 2 aromatic carbocycles. The fourth-order valence-electron chi connectivity index (χ4n) is 3.80. The monoisotopic (exact) mass is 485 g/mol. The van der Waals surface area contributed by atoms with Gasteiger partial charge in [0.25, 0.3) is 5.91 Å². The Morgan fingerprint density at radius 1 is 0.941 bits per heavy atom. The number of hydrogen-bond donors (Lipinski definition) is 1. The minimum Gasteiger partial charge on any atom is -0.493 e. The molecule has 1 aliphatic heterocycles. The zero-order chi connectivity index (χ0) is 23.9. The van der Waals surface area contributed by atoms with Gasteiger partial charge in [-0.15, -0.1) is 10.2 Å². The minimum atomic E-state index is -0.300. The molecule has 1 aromatic heterocycles. The Kier molecular flexibility index (Phi) is 8.04. The predicted octanol–water partition coefficient (Wildman–Crippen LogP) is 2.94. The van der Waals surface area contributed by atoms with Crippen LogP contribution in [0.25, 0.3) is 0 Å². The maximum absolute atomic E-state index is 13.0. The van der Waals surface area contributed by atoms with E-state index in [9.17, 15) is 9.18 Å². The number of rotatable bonds is 9. The van der Waals surface area contributed by atoms with Gasteiger partial charge in [-0.3, -0.25) is 14.6 Å². The van der Waals surface area contributed by atoms with E-state index >= 15 is 0 Å². The highest BCUT2D eigenvalue weighted by Gasteiger charge is 2.20. The molecule has 1 saturated heterocycles. The summed E-state index contributed by atoms with van der Waals surface area (Å²) in [5, 5.41) is 12.2. The molecule has 180 valence electrons. The van der Waals surface area contributed by atoms with Gasteiger partial charge in [0.2, 0.25) is 5.01 Å². The molecule has 0 spiro atoms. The number of carbonyl (C=O) groups is 1. The average molecular weight is 486 g/mol. The summed E-state index contributed by atoms with van der Waals surface area (Å²) in [7, 11) is 3.28. The third-order valence-electron chi connectivity index (χ3n) is 5.71. The summed E-state index contributed by atoms with van der Waals surface area (Å²) in [6.45, 7) is 5.56. The Labute approximate surface area is 202 Å². The van der Waals surface area contributed by atoms with E-state index in [2.05, 4.69) is 31.4 Å². The number of aromatic nitrogens is 2. The SMILES string of the molecule is COc1ccc(CN2CCN(Cc3nnc(C(=O)NCc4ccc(F)cc4)s3)CC2)cc1OC. The largest absolute Gasteiger partial charge is 0.493 e. The fourth-order valence-corrected chi connectivity index (χ4v) is 4.60. The molecular formula is C24H28FN5O3S. The van der Waals surface area contributed by atoms with Gasteiger partial charge >= 0.3 is 0 Å². The van der Waals surface area contributed by atoms with Crippen molar-refractivity contribution < 1.29 is 18.7 Å². The molecular weight excluding hydrogens is 457 g/mol. The van der Waals surface area contributed by atoms with Crippen LogP contribution in [0.5, 0.6) is 11.5 Å². The van der Waals surface area contributed by atoms with Crippen LogP contribution in [-0.4, -0.2) is 66.3 Å². The zero-order valence-corrected chi connectivity index (χ0v) is 20.1. The maximum atomic E-state index is 13.0. The van der Waals surface area contributed by atoms with Crippen molar-refractivity contribution in [2.75, 3.05) is 40.4 Å². The van der Waals surface area contributed by atoms with E-state index in [1.54, 1.807) is 26.4 Å². The number of amides is 1. The summed E-state index contributed by atoms with van der Waals surface area (Å²) < 4.78 is 23.7. The third kappa shape index (κ3) is 6.28. The lowest BCUT2D eigenvalue weighted by molar-refractivity contribution is 0.0950. The van der Waals surface area contributed by atoms with Crippen LogP contribution < -0.4 is 14.8 Å². The van der Waals surface area contributed by atoms with Crippen molar-refractivity contribution in [3.05, 3.63) is 69.4 Å². The van der Waals surface area contributed by atoms with Crippen LogP contribution in [0.1, 0.15) is 25.9 Å². The maximum Gasteiger partial charge on any atom is 0.282 e. The number of nitrogens with zero attached hydrogens (tertiary/aromatic N) is 4.